The fourth-order valence-electron chi connectivity index (χ4n) is 0.228. The van der Waals surface area contributed by atoms with Gasteiger partial charge in [-0.05, 0) is 6.92 Å². The molecule has 0 aromatic heterocycles. The number of carbonyl (C=O) groups is 1. The molecule has 0 heterocycles. The van der Waals surface area contributed by atoms with Gasteiger partial charge in [0.15, 0.2) is 0 Å². The maximum atomic E-state index is 10.2. The van der Waals surface area contributed by atoms with E-state index < -0.39 is 5.97 Å². The van der Waals surface area contributed by atoms with E-state index in [1.807, 2.05) is 5.54 Å². The fourth-order valence-corrected chi connectivity index (χ4v) is 0.318. The topological polar surface area (TPSA) is 26.3 Å². The molecule has 0 saturated heterocycles. The first-order chi connectivity index (χ1) is 3.81. The second-order valence-corrected chi connectivity index (χ2v) is 1.22. The molecule has 0 fully saturated rings. The maximum Gasteiger partial charge on any atom is 0.332 e. The molecular weight excluding hydrogens is 128 g/mol. The standard InChI is InChI=1S/C5H6ClO2/c1-2-8-5(7)3-4-6/h3H,2H2,1H3. The number of ether oxygens (including phenoxy) is 1. The van der Waals surface area contributed by atoms with Crippen molar-refractivity contribution in [1.82, 2.24) is 0 Å². The van der Waals surface area contributed by atoms with Crippen LogP contribution in [0.5, 0.6) is 0 Å². The molecule has 0 aromatic carbocycles. The summed E-state index contributed by atoms with van der Waals surface area (Å²) in [5, 5.41) is 0. The highest BCUT2D eigenvalue weighted by Crippen LogP contribution is 1.81. The zero-order valence-electron chi connectivity index (χ0n) is 4.48. The average Bonchev–Trinajstić information content (AvgIpc) is 1.68. The van der Waals surface area contributed by atoms with Crippen LogP contribution >= 0.6 is 11.6 Å². The third-order valence-electron chi connectivity index (χ3n) is 0.459. The first-order valence-corrected chi connectivity index (χ1v) is 2.55. The zero-order valence-corrected chi connectivity index (χ0v) is 5.23. The van der Waals surface area contributed by atoms with Crippen LogP contribution in [0.25, 0.3) is 0 Å². The Kier molecular flexibility index (Phi) is 4.36. The summed E-state index contributed by atoms with van der Waals surface area (Å²) in [7, 11) is 0. The van der Waals surface area contributed by atoms with Gasteiger partial charge in [-0.15, -0.1) is 0 Å². The molecule has 0 saturated carbocycles. The lowest BCUT2D eigenvalue weighted by molar-refractivity contribution is -0.137. The van der Waals surface area contributed by atoms with Crippen LogP contribution in [0.4, 0.5) is 0 Å². The first kappa shape index (κ1) is 7.50. The Morgan fingerprint density at radius 1 is 2.00 bits per heavy atom. The first-order valence-electron chi connectivity index (χ1n) is 2.17. The molecule has 0 unspecified atom stereocenters. The van der Waals surface area contributed by atoms with E-state index in [-0.39, 0.29) is 0 Å². The van der Waals surface area contributed by atoms with Gasteiger partial charge in [-0.2, -0.15) is 0 Å². The van der Waals surface area contributed by atoms with Crippen LogP contribution in [-0.4, -0.2) is 12.6 Å². The Hall–Kier alpha value is -0.500. The van der Waals surface area contributed by atoms with E-state index in [4.69, 9.17) is 11.6 Å². The third-order valence-corrected chi connectivity index (χ3v) is 0.568. The second kappa shape index (κ2) is 4.65. The van der Waals surface area contributed by atoms with Crippen molar-refractivity contribution in [2.24, 2.45) is 0 Å². The van der Waals surface area contributed by atoms with Crippen molar-refractivity contribution in [3.05, 3.63) is 11.6 Å². The molecular formula is C5H6ClO2. The van der Waals surface area contributed by atoms with Crippen LogP contribution in [0.2, 0.25) is 0 Å². The van der Waals surface area contributed by atoms with Crippen molar-refractivity contribution >= 4 is 17.6 Å². The van der Waals surface area contributed by atoms with Crippen LogP contribution in [0.1, 0.15) is 6.92 Å². The van der Waals surface area contributed by atoms with Crippen molar-refractivity contribution in [3.63, 3.8) is 0 Å². The normalized spacial score (nSPS) is 9.75. The zero-order chi connectivity index (χ0) is 6.41. The quantitative estimate of drug-likeness (QED) is 0.417. The van der Waals surface area contributed by atoms with Crippen molar-refractivity contribution in [3.8, 4) is 0 Å². The molecule has 2 nitrogen and oxygen atoms in total. The van der Waals surface area contributed by atoms with Crippen molar-refractivity contribution in [1.29, 1.82) is 0 Å². The Balaban J connectivity index is 3.33. The van der Waals surface area contributed by atoms with E-state index in [0.717, 1.165) is 6.08 Å². The molecule has 0 aromatic rings. The van der Waals surface area contributed by atoms with Gasteiger partial charge in [-0.25, -0.2) is 4.79 Å². The van der Waals surface area contributed by atoms with Gasteiger partial charge in [-0.1, -0.05) is 11.6 Å². The van der Waals surface area contributed by atoms with Crippen molar-refractivity contribution in [2.45, 2.75) is 6.92 Å². The second-order valence-electron chi connectivity index (χ2n) is 1.01. The van der Waals surface area contributed by atoms with Gasteiger partial charge in [0.25, 0.3) is 0 Å². The minimum atomic E-state index is -0.456. The monoisotopic (exact) mass is 133 g/mol. The lowest BCUT2D eigenvalue weighted by Crippen LogP contribution is -1.97. The summed E-state index contributed by atoms with van der Waals surface area (Å²) in [6.07, 6.45) is 1.03. The molecule has 8 heavy (non-hydrogen) atoms. The summed E-state index contributed by atoms with van der Waals surface area (Å²) < 4.78 is 4.44. The SMILES string of the molecule is CCOC(=O)/C=[C]\Cl. The Labute approximate surface area is 53.1 Å². The summed E-state index contributed by atoms with van der Waals surface area (Å²) in [6, 6.07) is 0. The Morgan fingerprint density at radius 3 is 3.00 bits per heavy atom. The van der Waals surface area contributed by atoms with E-state index in [2.05, 4.69) is 4.74 Å². The minimum Gasteiger partial charge on any atom is -0.463 e. The van der Waals surface area contributed by atoms with E-state index in [9.17, 15) is 4.79 Å². The van der Waals surface area contributed by atoms with E-state index >= 15 is 0 Å². The summed E-state index contributed by atoms with van der Waals surface area (Å²) in [5.41, 5.74) is 2.02. The highest BCUT2D eigenvalue weighted by molar-refractivity contribution is 6.23. The summed E-state index contributed by atoms with van der Waals surface area (Å²) in [4.78, 5) is 10.2. The van der Waals surface area contributed by atoms with Crippen LogP contribution in [0.3, 0.4) is 0 Å². The molecule has 0 aliphatic heterocycles. The molecule has 45 valence electrons. The fraction of sp³-hybridized carbons (Fsp3) is 0.400. The van der Waals surface area contributed by atoms with E-state index in [0.29, 0.717) is 6.61 Å². The molecule has 0 rings (SSSR count). The smallest absolute Gasteiger partial charge is 0.332 e. The van der Waals surface area contributed by atoms with Gasteiger partial charge in [-0.3, -0.25) is 0 Å². The number of carbonyl (C=O) groups excluding carboxylic acids is 1. The average molecular weight is 134 g/mol. The van der Waals surface area contributed by atoms with Gasteiger partial charge < -0.3 is 4.74 Å². The number of hydrogen-bond donors (Lipinski definition) is 0. The van der Waals surface area contributed by atoms with E-state index in [1.54, 1.807) is 6.92 Å². The molecule has 3 heteroatoms. The number of hydrogen-bond acceptors (Lipinski definition) is 2. The van der Waals surface area contributed by atoms with Crippen molar-refractivity contribution in [2.75, 3.05) is 6.61 Å². The highest BCUT2D eigenvalue weighted by atomic mass is 35.5. The van der Waals surface area contributed by atoms with Gasteiger partial charge in [0, 0.05) is 6.08 Å². The predicted octanol–water partition coefficient (Wildman–Crippen LogP) is 1.11. The lowest BCUT2D eigenvalue weighted by Gasteiger charge is -1.91. The largest absolute Gasteiger partial charge is 0.463 e. The van der Waals surface area contributed by atoms with Crippen LogP contribution in [0, 0.1) is 5.54 Å². The maximum absolute atomic E-state index is 10.2. The number of esters is 1. The predicted molar refractivity (Wildman–Crippen MR) is 30.3 cm³/mol. The van der Waals surface area contributed by atoms with Crippen LogP contribution in [0.15, 0.2) is 6.08 Å². The number of halogens is 1. The minimum absolute atomic E-state index is 0.369. The summed E-state index contributed by atoms with van der Waals surface area (Å²) in [6.45, 7) is 2.09. The Morgan fingerprint density at radius 2 is 2.62 bits per heavy atom. The van der Waals surface area contributed by atoms with Crippen molar-refractivity contribution < 1.29 is 9.53 Å². The molecule has 0 aliphatic carbocycles. The highest BCUT2D eigenvalue weighted by Gasteiger charge is 1.89. The summed E-state index contributed by atoms with van der Waals surface area (Å²) >= 11 is 4.93. The van der Waals surface area contributed by atoms with Gasteiger partial charge in [0.1, 0.15) is 0 Å². The van der Waals surface area contributed by atoms with E-state index in [1.165, 1.54) is 0 Å². The summed E-state index contributed by atoms with van der Waals surface area (Å²) in [5.74, 6) is -0.456. The molecule has 0 aliphatic rings. The van der Waals surface area contributed by atoms with Crippen LogP contribution < -0.4 is 0 Å². The third kappa shape index (κ3) is 3.68. The molecule has 0 N–H and O–H groups in total. The van der Waals surface area contributed by atoms with Crippen LogP contribution in [-0.2, 0) is 9.53 Å². The molecule has 0 amide bonds. The molecule has 0 spiro atoms. The van der Waals surface area contributed by atoms with Gasteiger partial charge in [0.2, 0.25) is 0 Å². The Bertz CT molecular complexity index is 98.6. The lowest BCUT2D eigenvalue weighted by atomic mass is 10.6. The number of rotatable bonds is 2. The molecule has 1 radical (unpaired) electrons. The molecule has 0 atom stereocenters. The van der Waals surface area contributed by atoms with Gasteiger partial charge in [0.05, 0.1) is 12.1 Å². The van der Waals surface area contributed by atoms with Gasteiger partial charge >= 0.3 is 5.97 Å². The molecule has 0 bridgehead atoms.